The summed E-state index contributed by atoms with van der Waals surface area (Å²) in [5.41, 5.74) is -3.86. The van der Waals surface area contributed by atoms with Gasteiger partial charge in [0.15, 0.2) is 5.69 Å². The highest BCUT2D eigenvalue weighted by molar-refractivity contribution is 5.21. The van der Waals surface area contributed by atoms with E-state index in [1.807, 2.05) is 0 Å². The Morgan fingerprint density at radius 2 is 1.54 bits per heavy atom. The predicted octanol–water partition coefficient (Wildman–Crippen LogP) is 2.25. The summed E-state index contributed by atoms with van der Waals surface area (Å²) in [5, 5.41) is 3.77. The maximum absolute atomic E-state index is 11.8. The molecule has 2 nitrogen and oxygen atoms in total. The van der Waals surface area contributed by atoms with Crippen LogP contribution in [0.25, 0.3) is 0 Å². The topological polar surface area (TPSA) is 28.7 Å². The Morgan fingerprint density at radius 3 is 1.85 bits per heavy atom. The van der Waals surface area contributed by atoms with Crippen LogP contribution >= 0.6 is 0 Å². The van der Waals surface area contributed by atoms with E-state index in [0.29, 0.717) is 0 Å². The lowest BCUT2D eigenvalue weighted by atomic mass is 10.2. The second kappa shape index (κ2) is 2.64. The third-order valence-electron chi connectivity index (χ3n) is 1.15. The third kappa shape index (κ3) is 1.93. The van der Waals surface area contributed by atoms with Gasteiger partial charge in [0.05, 0.1) is 0 Å². The Labute approximate surface area is 67.6 Å². The van der Waals surface area contributed by atoms with E-state index >= 15 is 0 Å². The maximum Gasteiger partial charge on any atom is 0.433 e. The third-order valence-corrected chi connectivity index (χ3v) is 1.15. The highest BCUT2D eigenvalue weighted by Crippen LogP contribution is 2.38. The highest BCUT2D eigenvalue weighted by Gasteiger charge is 2.45. The van der Waals surface area contributed by atoms with Gasteiger partial charge in [-0.15, -0.1) is 0 Å². The highest BCUT2D eigenvalue weighted by atomic mass is 19.4. The van der Waals surface area contributed by atoms with Crippen LogP contribution in [0.1, 0.15) is 11.3 Å². The molecule has 1 rings (SSSR count). The normalized spacial score (nSPS) is 13.4. The molecule has 0 fully saturated rings. The summed E-state index contributed by atoms with van der Waals surface area (Å²) in [5.74, 6) is 0. The predicted molar refractivity (Wildman–Crippen MR) is 27.4 cm³/mol. The number of halogens is 6. The fourth-order valence-corrected chi connectivity index (χ4v) is 0.662. The molecular weight excluding hydrogens is 202 g/mol. The molecule has 0 atom stereocenters. The number of nitrogens with zero attached hydrogens (tertiary/aromatic N) is 1. The van der Waals surface area contributed by atoms with Gasteiger partial charge in [-0.05, 0) is 0 Å². The van der Waals surface area contributed by atoms with Crippen molar-refractivity contribution in [2.45, 2.75) is 12.4 Å². The van der Waals surface area contributed by atoms with Crippen molar-refractivity contribution in [3.63, 3.8) is 0 Å². The summed E-state index contributed by atoms with van der Waals surface area (Å²) >= 11 is 0. The van der Waals surface area contributed by atoms with Gasteiger partial charge in [0.1, 0.15) is 11.8 Å². The molecule has 1 heterocycles. The molecular formula is C5HF6N2. The maximum atomic E-state index is 11.8. The van der Waals surface area contributed by atoms with E-state index in [9.17, 15) is 26.3 Å². The minimum absolute atomic E-state index is 1.20. The Balaban J connectivity index is 3.19. The molecule has 13 heavy (non-hydrogen) atoms. The summed E-state index contributed by atoms with van der Waals surface area (Å²) in [4.78, 5) is 0. The quantitative estimate of drug-likeness (QED) is 0.643. The summed E-state index contributed by atoms with van der Waals surface area (Å²) < 4.78 is 70.9. The number of hydrogen-bond acceptors (Lipinski definition) is 1. The Bertz CT molecular complexity index is 266. The fourth-order valence-electron chi connectivity index (χ4n) is 0.662. The SMILES string of the molecule is FC(F)(F)c1[c]n[nH]c1C(F)(F)F. The minimum atomic E-state index is -5.10. The van der Waals surface area contributed by atoms with Crippen LogP contribution in [0, 0.1) is 6.20 Å². The number of aromatic nitrogens is 2. The lowest BCUT2D eigenvalue weighted by Crippen LogP contribution is -2.15. The van der Waals surface area contributed by atoms with Crippen LogP contribution in [0.3, 0.4) is 0 Å². The number of aromatic amines is 1. The minimum Gasteiger partial charge on any atom is -0.272 e. The van der Waals surface area contributed by atoms with E-state index < -0.39 is 23.6 Å². The second-order valence-corrected chi connectivity index (χ2v) is 2.08. The lowest BCUT2D eigenvalue weighted by molar-refractivity contribution is -0.163. The summed E-state index contributed by atoms with van der Waals surface area (Å²) in [6.07, 6.45) is -9.00. The molecule has 1 N–H and O–H groups in total. The summed E-state index contributed by atoms with van der Waals surface area (Å²) in [6.45, 7) is 0. The van der Waals surface area contributed by atoms with Gasteiger partial charge in [0.2, 0.25) is 0 Å². The van der Waals surface area contributed by atoms with Crippen molar-refractivity contribution in [2.75, 3.05) is 0 Å². The van der Waals surface area contributed by atoms with E-state index in [0.717, 1.165) is 0 Å². The molecule has 0 saturated carbocycles. The van der Waals surface area contributed by atoms with E-state index in [4.69, 9.17) is 0 Å². The van der Waals surface area contributed by atoms with E-state index in [1.165, 1.54) is 11.3 Å². The van der Waals surface area contributed by atoms with E-state index in [2.05, 4.69) is 5.10 Å². The van der Waals surface area contributed by atoms with Gasteiger partial charge < -0.3 is 0 Å². The van der Waals surface area contributed by atoms with Crippen LogP contribution in [0.5, 0.6) is 0 Å². The van der Waals surface area contributed by atoms with Crippen LogP contribution in [0.2, 0.25) is 0 Å². The van der Waals surface area contributed by atoms with Crippen molar-refractivity contribution in [3.8, 4) is 0 Å². The molecule has 1 aromatic heterocycles. The zero-order chi connectivity index (χ0) is 10.3. The number of hydrogen-bond donors (Lipinski definition) is 1. The molecule has 8 heteroatoms. The first-order valence-corrected chi connectivity index (χ1v) is 2.83. The standard InChI is InChI=1S/C5HF6N2/c6-4(7,8)2-1-12-13-3(2)5(9,10)11/h(H,12,13). The second-order valence-electron chi connectivity index (χ2n) is 2.08. The fraction of sp³-hybridized carbons (Fsp3) is 0.400. The molecule has 1 radical (unpaired) electrons. The average molecular weight is 203 g/mol. The van der Waals surface area contributed by atoms with Crippen molar-refractivity contribution in [2.24, 2.45) is 0 Å². The summed E-state index contributed by atoms with van der Waals surface area (Å²) in [7, 11) is 0. The molecule has 0 unspecified atom stereocenters. The first-order chi connectivity index (χ1) is 5.73. The molecule has 0 spiro atoms. The Morgan fingerprint density at radius 1 is 1.00 bits per heavy atom. The van der Waals surface area contributed by atoms with E-state index in [1.54, 1.807) is 0 Å². The number of alkyl halides is 6. The van der Waals surface area contributed by atoms with Crippen LogP contribution in [0.15, 0.2) is 0 Å². The Hall–Kier alpha value is -1.21. The molecule has 0 aliphatic heterocycles. The van der Waals surface area contributed by atoms with Crippen molar-refractivity contribution in [3.05, 3.63) is 17.5 Å². The first-order valence-electron chi connectivity index (χ1n) is 2.83. The molecule has 73 valence electrons. The average Bonchev–Trinajstić information content (AvgIpc) is 2.27. The summed E-state index contributed by atoms with van der Waals surface area (Å²) in [6, 6.07) is 0. The van der Waals surface area contributed by atoms with Crippen molar-refractivity contribution in [1.29, 1.82) is 0 Å². The van der Waals surface area contributed by atoms with Crippen LogP contribution < -0.4 is 0 Å². The zero-order valence-electron chi connectivity index (χ0n) is 5.72. The van der Waals surface area contributed by atoms with Crippen LogP contribution in [-0.2, 0) is 12.4 Å². The van der Waals surface area contributed by atoms with Gasteiger partial charge in [-0.2, -0.15) is 31.4 Å². The number of nitrogens with one attached hydrogen (secondary N) is 1. The molecule has 0 saturated heterocycles. The lowest BCUT2D eigenvalue weighted by Gasteiger charge is -2.08. The van der Waals surface area contributed by atoms with Gasteiger partial charge in [-0.3, -0.25) is 5.10 Å². The van der Waals surface area contributed by atoms with Crippen molar-refractivity contribution < 1.29 is 26.3 Å². The smallest absolute Gasteiger partial charge is 0.272 e. The molecule has 0 aliphatic carbocycles. The van der Waals surface area contributed by atoms with Gasteiger partial charge in [0, 0.05) is 0 Å². The van der Waals surface area contributed by atoms with Gasteiger partial charge >= 0.3 is 12.4 Å². The molecule has 1 aromatic rings. The zero-order valence-corrected chi connectivity index (χ0v) is 5.72. The molecule has 0 aliphatic rings. The van der Waals surface area contributed by atoms with Gasteiger partial charge in [0.25, 0.3) is 0 Å². The number of H-pyrrole nitrogens is 1. The van der Waals surface area contributed by atoms with Gasteiger partial charge in [-0.1, -0.05) is 0 Å². The van der Waals surface area contributed by atoms with E-state index in [-0.39, 0.29) is 0 Å². The van der Waals surface area contributed by atoms with Crippen LogP contribution in [0.4, 0.5) is 26.3 Å². The molecule has 0 aromatic carbocycles. The van der Waals surface area contributed by atoms with Crippen molar-refractivity contribution >= 4 is 0 Å². The molecule has 0 bridgehead atoms. The molecule has 0 amide bonds. The monoisotopic (exact) mass is 203 g/mol. The largest absolute Gasteiger partial charge is 0.433 e. The Kier molecular flexibility index (Phi) is 2.01. The number of rotatable bonds is 0. The van der Waals surface area contributed by atoms with Gasteiger partial charge in [-0.25, -0.2) is 0 Å². The first kappa shape index (κ1) is 9.87. The van der Waals surface area contributed by atoms with Crippen LogP contribution in [-0.4, -0.2) is 10.2 Å². The van der Waals surface area contributed by atoms with Crippen molar-refractivity contribution in [1.82, 2.24) is 10.2 Å².